The Labute approximate surface area is 165 Å². The van der Waals surface area contributed by atoms with Crippen LogP contribution >= 0.6 is 34.8 Å². The van der Waals surface area contributed by atoms with Crippen LogP contribution in [-0.4, -0.2) is 17.2 Å². The second-order valence-electron chi connectivity index (χ2n) is 5.24. The lowest BCUT2D eigenvalue weighted by molar-refractivity contribution is 0.0734. The maximum atomic E-state index is 12.1. The quantitative estimate of drug-likeness (QED) is 0.303. The highest BCUT2D eigenvalue weighted by atomic mass is 35.5. The SMILES string of the molecule is O=C(Oc1cc(Cl)cc(C=Nc2cc(Cl)cc(Cl)c2)c1)c1cccnc1. The molecule has 0 atom stereocenters. The maximum absolute atomic E-state index is 12.1. The van der Waals surface area contributed by atoms with Gasteiger partial charge in [-0.05, 0) is 54.1 Å². The summed E-state index contributed by atoms with van der Waals surface area (Å²) in [6.07, 6.45) is 4.58. The number of hydrogen-bond donors (Lipinski definition) is 0. The maximum Gasteiger partial charge on any atom is 0.345 e. The molecule has 0 N–H and O–H groups in total. The van der Waals surface area contributed by atoms with Crippen LogP contribution in [0.4, 0.5) is 5.69 Å². The number of aromatic nitrogens is 1. The molecule has 0 unspecified atom stereocenters. The van der Waals surface area contributed by atoms with Gasteiger partial charge in [-0.2, -0.15) is 0 Å². The van der Waals surface area contributed by atoms with Crippen LogP contribution in [0.3, 0.4) is 0 Å². The molecule has 0 radical (unpaired) electrons. The zero-order valence-electron chi connectivity index (χ0n) is 13.2. The summed E-state index contributed by atoms with van der Waals surface area (Å²) in [5.74, 6) is -0.221. The molecule has 130 valence electrons. The molecule has 4 nitrogen and oxygen atoms in total. The number of rotatable bonds is 4. The number of hydrogen-bond acceptors (Lipinski definition) is 4. The number of nitrogens with zero attached hydrogens (tertiary/aromatic N) is 2. The van der Waals surface area contributed by atoms with Crippen LogP contribution in [0.5, 0.6) is 5.75 Å². The molecule has 0 saturated carbocycles. The minimum atomic E-state index is -0.523. The summed E-state index contributed by atoms with van der Waals surface area (Å²) >= 11 is 18.0. The molecule has 1 aromatic heterocycles. The average Bonchev–Trinajstić information content (AvgIpc) is 2.59. The van der Waals surface area contributed by atoms with E-state index in [1.807, 2.05) is 0 Å². The molecule has 0 fully saturated rings. The van der Waals surface area contributed by atoms with Gasteiger partial charge in [0.2, 0.25) is 0 Å². The fourth-order valence-electron chi connectivity index (χ4n) is 2.13. The number of carbonyl (C=O) groups excluding carboxylic acids is 1. The van der Waals surface area contributed by atoms with E-state index in [0.717, 1.165) is 0 Å². The van der Waals surface area contributed by atoms with Crippen molar-refractivity contribution in [2.75, 3.05) is 0 Å². The van der Waals surface area contributed by atoms with E-state index in [2.05, 4.69) is 9.98 Å². The first-order valence-electron chi connectivity index (χ1n) is 7.42. The molecular formula is C19H11Cl3N2O2. The second kappa shape index (κ2) is 8.32. The molecule has 0 aliphatic heterocycles. The Hall–Kier alpha value is -2.40. The van der Waals surface area contributed by atoms with E-state index >= 15 is 0 Å². The lowest BCUT2D eigenvalue weighted by Gasteiger charge is -2.06. The Kier molecular flexibility index (Phi) is 5.89. The van der Waals surface area contributed by atoms with Gasteiger partial charge in [0.05, 0.1) is 11.3 Å². The molecule has 2 aromatic carbocycles. The Balaban J connectivity index is 1.81. The third-order valence-corrected chi connectivity index (χ3v) is 3.87. The van der Waals surface area contributed by atoms with E-state index in [9.17, 15) is 4.79 Å². The van der Waals surface area contributed by atoms with Crippen LogP contribution in [0.15, 0.2) is 65.9 Å². The smallest absolute Gasteiger partial charge is 0.345 e. The monoisotopic (exact) mass is 404 g/mol. The first-order valence-corrected chi connectivity index (χ1v) is 8.56. The zero-order valence-corrected chi connectivity index (χ0v) is 15.5. The summed E-state index contributed by atoms with van der Waals surface area (Å²) in [5.41, 5.74) is 1.59. The molecule has 26 heavy (non-hydrogen) atoms. The second-order valence-corrected chi connectivity index (χ2v) is 6.55. The van der Waals surface area contributed by atoms with Gasteiger partial charge in [0.25, 0.3) is 0 Å². The molecule has 1 heterocycles. The third-order valence-electron chi connectivity index (χ3n) is 3.21. The van der Waals surface area contributed by atoms with Gasteiger partial charge in [0.1, 0.15) is 5.75 Å². The number of aliphatic imine (C=N–C) groups is 1. The van der Waals surface area contributed by atoms with Crippen molar-refractivity contribution in [2.45, 2.75) is 0 Å². The topological polar surface area (TPSA) is 51.5 Å². The van der Waals surface area contributed by atoms with E-state index in [-0.39, 0.29) is 0 Å². The lowest BCUT2D eigenvalue weighted by Crippen LogP contribution is -2.08. The highest BCUT2D eigenvalue weighted by molar-refractivity contribution is 6.35. The molecule has 0 aliphatic rings. The van der Waals surface area contributed by atoms with Gasteiger partial charge in [-0.1, -0.05) is 34.8 Å². The van der Waals surface area contributed by atoms with E-state index in [0.29, 0.717) is 37.6 Å². The van der Waals surface area contributed by atoms with E-state index < -0.39 is 5.97 Å². The van der Waals surface area contributed by atoms with Crippen molar-refractivity contribution in [1.29, 1.82) is 0 Å². The fourth-order valence-corrected chi connectivity index (χ4v) is 2.88. The Morgan fingerprint density at radius 2 is 1.73 bits per heavy atom. The Morgan fingerprint density at radius 1 is 1.00 bits per heavy atom. The number of ether oxygens (including phenoxy) is 1. The third kappa shape index (κ3) is 5.05. The number of pyridine rings is 1. The number of carbonyl (C=O) groups is 1. The first kappa shape index (κ1) is 18.4. The molecule has 3 rings (SSSR count). The van der Waals surface area contributed by atoms with E-state index in [4.69, 9.17) is 39.5 Å². The first-order chi connectivity index (χ1) is 12.5. The predicted molar refractivity (Wildman–Crippen MR) is 104 cm³/mol. The van der Waals surface area contributed by atoms with Crippen LogP contribution in [0.2, 0.25) is 15.1 Å². The molecule has 0 spiro atoms. The summed E-state index contributed by atoms with van der Waals surface area (Å²) < 4.78 is 5.34. The van der Waals surface area contributed by atoms with Gasteiger partial charge in [-0.25, -0.2) is 4.79 Å². The molecule has 0 aliphatic carbocycles. The molecule has 7 heteroatoms. The van der Waals surface area contributed by atoms with Crippen molar-refractivity contribution in [2.24, 2.45) is 4.99 Å². The average molecular weight is 406 g/mol. The van der Waals surface area contributed by atoms with E-state index in [1.165, 1.54) is 6.20 Å². The minimum Gasteiger partial charge on any atom is -0.423 e. The minimum absolute atomic E-state index is 0.303. The van der Waals surface area contributed by atoms with Crippen LogP contribution in [0.1, 0.15) is 15.9 Å². The van der Waals surface area contributed by atoms with Crippen LogP contribution in [0.25, 0.3) is 0 Å². The van der Waals surface area contributed by atoms with Gasteiger partial charge in [0.15, 0.2) is 0 Å². The highest BCUT2D eigenvalue weighted by Crippen LogP contribution is 2.25. The summed E-state index contributed by atoms with van der Waals surface area (Å²) in [6.45, 7) is 0. The fraction of sp³-hybridized carbons (Fsp3) is 0. The highest BCUT2D eigenvalue weighted by Gasteiger charge is 2.09. The van der Waals surface area contributed by atoms with Crippen molar-refractivity contribution < 1.29 is 9.53 Å². The van der Waals surface area contributed by atoms with Crippen molar-refractivity contribution in [3.63, 3.8) is 0 Å². The summed E-state index contributed by atoms with van der Waals surface area (Å²) in [5, 5.41) is 1.38. The normalized spacial score (nSPS) is 10.9. The van der Waals surface area contributed by atoms with Gasteiger partial charge in [-0.3, -0.25) is 9.98 Å². The Morgan fingerprint density at radius 3 is 2.42 bits per heavy atom. The molecule has 3 aromatic rings. The molecule has 0 bridgehead atoms. The zero-order chi connectivity index (χ0) is 18.5. The van der Waals surface area contributed by atoms with Crippen LogP contribution in [0, 0.1) is 0 Å². The largest absolute Gasteiger partial charge is 0.423 e. The molecular weight excluding hydrogens is 395 g/mol. The van der Waals surface area contributed by atoms with Crippen molar-refractivity contribution >= 4 is 52.7 Å². The van der Waals surface area contributed by atoms with Crippen LogP contribution in [-0.2, 0) is 0 Å². The summed E-state index contributed by atoms with van der Waals surface area (Å²) in [4.78, 5) is 20.3. The standard InChI is InChI=1S/C19H11Cl3N2O2/c20-14-4-12(10-24-17-7-15(21)6-16(22)8-17)5-18(9-14)26-19(25)13-2-1-3-23-11-13/h1-11H. The van der Waals surface area contributed by atoms with Gasteiger partial charge in [-0.15, -0.1) is 0 Å². The van der Waals surface area contributed by atoms with Crippen molar-refractivity contribution in [3.05, 3.63) is 87.1 Å². The van der Waals surface area contributed by atoms with Gasteiger partial charge >= 0.3 is 5.97 Å². The number of halogens is 3. The van der Waals surface area contributed by atoms with Crippen molar-refractivity contribution in [3.8, 4) is 5.75 Å². The van der Waals surface area contributed by atoms with Gasteiger partial charge < -0.3 is 4.74 Å². The molecule has 0 saturated heterocycles. The Bertz CT molecular complexity index is 956. The molecule has 0 amide bonds. The van der Waals surface area contributed by atoms with Crippen LogP contribution < -0.4 is 4.74 Å². The lowest BCUT2D eigenvalue weighted by atomic mass is 10.2. The number of esters is 1. The summed E-state index contributed by atoms with van der Waals surface area (Å²) in [7, 11) is 0. The van der Waals surface area contributed by atoms with Gasteiger partial charge in [0, 0.05) is 33.7 Å². The predicted octanol–water partition coefficient (Wildman–Crippen LogP) is 6.01. The van der Waals surface area contributed by atoms with E-state index in [1.54, 1.807) is 60.9 Å². The number of benzene rings is 2. The van der Waals surface area contributed by atoms with Crippen molar-refractivity contribution in [1.82, 2.24) is 4.98 Å². The summed E-state index contributed by atoms with van der Waals surface area (Å²) in [6, 6.07) is 13.1.